The molecule has 0 aliphatic heterocycles. The van der Waals surface area contributed by atoms with E-state index in [4.69, 9.17) is 10.00 Å². The van der Waals surface area contributed by atoms with Gasteiger partial charge in [0.15, 0.2) is 5.69 Å². The van der Waals surface area contributed by atoms with E-state index in [0.29, 0.717) is 6.61 Å². The highest BCUT2D eigenvalue weighted by Crippen LogP contribution is 2.12. The number of sulfonamides is 1. The zero-order valence-electron chi connectivity index (χ0n) is 11.7. The van der Waals surface area contributed by atoms with Crippen LogP contribution >= 0.6 is 0 Å². The van der Waals surface area contributed by atoms with Crippen molar-refractivity contribution in [3.8, 4) is 6.07 Å². The molecule has 1 atom stereocenters. The van der Waals surface area contributed by atoms with Crippen LogP contribution in [-0.2, 0) is 19.6 Å². The molecule has 114 valence electrons. The lowest BCUT2D eigenvalue weighted by Crippen LogP contribution is -2.45. The van der Waals surface area contributed by atoms with Gasteiger partial charge in [-0.1, -0.05) is 0 Å². The van der Waals surface area contributed by atoms with Crippen LogP contribution in [0.5, 0.6) is 0 Å². The Balaban J connectivity index is 2.81. The van der Waals surface area contributed by atoms with E-state index in [1.807, 2.05) is 0 Å². The van der Waals surface area contributed by atoms with Gasteiger partial charge in [0.2, 0.25) is 15.9 Å². The minimum Gasteiger partial charge on any atom is -0.383 e. The maximum atomic E-state index is 12.1. The first-order valence-corrected chi connectivity index (χ1v) is 7.54. The van der Waals surface area contributed by atoms with Crippen LogP contribution in [0.2, 0.25) is 0 Å². The third-order valence-corrected chi connectivity index (χ3v) is 4.07. The molecule has 0 fully saturated rings. The number of aromatic nitrogens is 1. The second kappa shape index (κ2) is 7.68. The van der Waals surface area contributed by atoms with Crippen LogP contribution in [0.3, 0.4) is 0 Å². The Morgan fingerprint density at radius 2 is 2.29 bits per heavy atom. The summed E-state index contributed by atoms with van der Waals surface area (Å²) in [5.74, 6) is -0.488. The molecule has 8 nitrogen and oxygen atoms in total. The van der Waals surface area contributed by atoms with Crippen LogP contribution in [0.4, 0.5) is 0 Å². The smallest absolute Gasteiger partial charge is 0.244 e. The summed E-state index contributed by atoms with van der Waals surface area (Å²) in [6.07, 6.45) is 1.32. The van der Waals surface area contributed by atoms with Crippen molar-refractivity contribution in [2.75, 3.05) is 20.3 Å². The van der Waals surface area contributed by atoms with Gasteiger partial charge in [0.1, 0.15) is 11.0 Å². The van der Waals surface area contributed by atoms with Crippen molar-refractivity contribution < 1.29 is 17.9 Å². The molecule has 0 saturated heterocycles. The van der Waals surface area contributed by atoms with Gasteiger partial charge in [0, 0.05) is 19.9 Å². The first kappa shape index (κ1) is 17.0. The molecule has 0 saturated carbocycles. The molecule has 0 aliphatic rings. The Kier molecular flexibility index (Phi) is 6.23. The van der Waals surface area contributed by atoms with Crippen molar-refractivity contribution >= 4 is 15.9 Å². The molecule has 0 aromatic carbocycles. The van der Waals surface area contributed by atoms with Crippen molar-refractivity contribution in [2.45, 2.75) is 17.9 Å². The van der Waals surface area contributed by atoms with E-state index in [0.717, 1.165) is 0 Å². The number of carbonyl (C=O) groups excluding carboxylic acids is 1. The molecule has 1 aromatic heterocycles. The molecule has 1 unspecified atom stereocenters. The van der Waals surface area contributed by atoms with Crippen LogP contribution in [0, 0.1) is 11.3 Å². The number of carbonyl (C=O) groups is 1. The first-order chi connectivity index (χ1) is 9.92. The van der Waals surface area contributed by atoms with Crippen molar-refractivity contribution in [1.82, 2.24) is 15.0 Å². The van der Waals surface area contributed by atoms with Crippen LogP contribution < -0.4 is 10.0 Å². The largest absolute Gasteiger partial charge is 0.383 e. The Hall–Kier alpha value is -2.02. The third kappa shape index (κ3) is 4.78. The van der Waals surface area contributed by atoms with Gasteiger partial charge in [-0.2, -0.15) is 9.98 Å². The van der Waals surface area contributed by atoms with Crippen LogP contribution in [-0.4, -0.2) is 45.6 Å². The molecule has 0 aliphatic carbocycles. The van der Waals surface area contributed by atoms with Crippen LogP contribution in [0.25, 0.3) is 0 Å². The molecule has 1 heterocycles. The van der Waals surface area contributed by atoms with E-state index in [9.17, 15) is 13.2 Å². The Bertz CT molecular complexity index is 639. The summed E-state index contributed by atoms with van der Waals surface area (Å²) in [5.41, 5.74) is -0.225. The van der Waals surface area contributed by atoms with E-state index < -0.39 is 22.0 Å². The topological polar surface area (TPSA) is 121 Å². The Morgan fingerprint density at radius 1 is 1.57 bits per heavy atom. The maximum Gasteiger partial charge on any atom is 0.244 e. The maximum absolute atomic E-state index is 12.1. The molecule has 0 radical (unpaired) electrons. The number of pyridine rings is 1. The predicted octanol–water partition coefficient (Wildman–Crippen LogP) is -0.617. The molecule has 2 N–H and O–H groups in total. The summed E-state index contributed by atoms with van der Waals surface area (Å²) in [6, 6.07) is 3.37. The monoisotopic (exact) mass is 312 g/mol. The van der Waals surface area contributed by atoms with E-state index in [2.05, 4.69) is 15.0 Å². The van der Waals surface area contributed by atoms with Crippen LogP contribution in [0.15, 0.2) is 23.2 Å². The Labute approximate surface area is 123 Å². The van der Waals surface area contributed by atoms with Crippen molar-refractivity contribution in [2.24, 2.45) is 0 Å². The average molecular weight is 312 g/mol. The second-order valence-corrected chi connectivity index (χ2v) is 5.77. The number of ether oxygens (including phenoxy) is 1. The number of nitrogens with zero attached hydrogens (tertiary/aromatic N) is 2. The molecule has 1 rings (SSSR count). The number of nitriles is 1. The summed E-state index contributed by atoms with van der Waals surface area (Å²) in [4.78, 5) is 15.1. The summed E-state index contributed by atoms with van der Waals surface area (Å²) < 4.78 is 31.3. The minimum absolute atomic E-state index is 0.225. The minimum atomic E-state index is -4.00. The summed E-state index contributed by atoms with van der Waals surface area (Å²) in [7, 11) is -2.51. The van der Waals surface area contributed by atoms with Crippen molar-refractivity contribution in [3.63, 3.8) is 0 Å². The van der Waals surface area contributed by atoms with E-state index >= 15 is 0 Å². The number of nitrogens with one attached hydrogen (secondary N) is 2. The molecule has 0 bridgehead atoms. The third-order valence-electron chi connectivity index (χ3n) is 2.50. The SMILES string of the molecule is COCCNC(=O)C(C)NS(=O)(=O)c1cccnc1C#N. The Morgan fingerprint density at radius 3 is 2.90 bits per heavy atom. The molecule has 21 heavy (non-hydrogen) atoms. The first-order valence-electron chi connectivity index (χ1n) is 6.06. The van der Waals surface area contributed by atoms with Gasteiger partial charge in [-0.3, -0.25) is 4.79 Å². The zero-order valence-corrected chi connectivity index (χ0v) is 12.5. The lowest BCUT2D eigenvalue weighted by Gasteiger charge is -2.14. The normalized spacial score (nSPS) is 12.4. The fraction of sp³-hybridized carbons (Fsp3) is 0.417. The van der Waals surface area contributed by atoms with Gasteiger partial charge < -0.3 is 10.1 Å². The van der Waals surface area contributed by atoms with Crippen molar-refractivity contribution in [3.05, 3.63) is 24.0 Å². The number of hydrogen-bond donors (Lipinski definition) is 2. The number of methoxy groups -OCH3 is 1. The number of amides is 1. The molecular formula is C12H16N4O4S. The quantitative estimate of drug-likeness (QED) is 0.647. The average Bonchev–Trinajstić information content (AvgIpc) is 2.46. The predicted molar refractivity (Wildman–Crippen MR) is 73.6 cm³/mol. The summed E-state index contributed by atoms with van der Waals surface area (Å²) >= 11 is 0. The fourth-order valence-corrected chi connectivity index (χ4v) is 2.78. The zero-order chi connectivity index (χ0) is 15.9. The summed E-state index contributed by atoms with van der Waals surface area (Å²) in [6.45, 7) is 2.01. The molecule has 0 spiro atoms. The number of hydrogen-bond acceptors (Lipinski definition) is 6. The van der Waals surface area contributed by atoms with E-state index in [-0.39, 0.29) is 17.1 Å². The van der Waals surface area contributed by atoms with Gasteiger partial charge >= 0.3 is 0 Å². The van der Waals surface area contributed by atoms with E-state index in [1.54, 1.807) is 6.07 Å². The lowest BCUT2D eigenvalue weighted by atomic mass is 10.3. The summed E-state index contributed by atoms with van der Waals surface area (Å²) in [5, 5.41) is 11.4. The fourth-order valence-electron chi connectivity index (χ4n) is 1.47. The standard InChI is InChI=1S/C12H16N4O4S/c1-9(12(17)15-6-7-20-2)16-21(18,19)11-4-3-5-14-10(11)8-13/h3-5,9,16H,6-7H2,1-2H3,(H,15,17). The van der Waals surface area contributed by atoms with E-state index in [1.165, 1.54) is 32.4 Å². The highest BCUT2D eigenvalue weighted by Gasteiger charge is 2.24. The highest BCUT2D eigenvalue weighted by molar-refractivity contribution is 7.89. The molecule has 1 aromatic rings. The van der Waals surface area contributed by atoms with Gasteiger partial charge in [-0.25, -0.2) is 13.4 Å². The second-order valence-electron chi connectivity index (χ2n) is 4.09. The molecule has 9 heteroatoms. The van der Waals surface area contributed by atoms with Gasteiger partial charge in [-0.05, 0) is 19.1 Å². The highest BCUT2D eigenvalue weighted by atomic mass is 32.2. The van der Waals surface area contributed by atoms with Crippen LogP contribution in [0.1, 0.15) is 12.6 Å². The number of rotatable bonds is 7. The molecular weight excluding hydrogens is 296 g/mol. The van der Waals surface area contributed by atoms with Gasteiger partial charge in [0.05, 0.1) is 12.6 Å². The van der Waals surface area contributed by atoms with Gasteiger partial charge in [0.25, 0.3) is 0 Å². The molecule has 1 amide bonds. The van der Waals surface area contributed by atoms with Crippen molar-refractivity contribution in [1.29, 1.82) is 5.26 Å². The lowest BCUT2D eigenvalue weighted by molar-refractivity contribution is -0.122. The van der Waals surface area contributed by atoms with Gasteiger partial charge in [-0.15, -0.1) is 0 Å².